The molecule has 2 rings (SSSR count). The van der Waals surface area contributed by atoms with E-state index in [0.717, 1.165) is 57.8 Å². The van der Waals surface area contributed by atoms with E-state index >= 15 is 0 Å². The first kappa shape index (κ1) is 13.3. The Morgan fingerprint density at radius 1 is 0.882 bits per heavy atom. The van der Waals surface area contributed by atoms with Gasteiger partial charge in [0.25, 0.3) is 0 Å². The van der Waals surface area contributed by atoms with Gasteiger partial charge in [-0.25, -0.2) is 13.1 Å². The predicted molar refractivity (Wildman–Crippen MR) is 67.2 cm³/mol. The maximum atomic E-state index is 12.2. The lowest BCUT2D eigenvalue weighted by Crippen LogP contribution is -2.48. The Kier molecular flexibility index (Phi) is 4.44. The van der Waals surface area contributed by atoms with Gasteiger partial charge in [-0.3, -0.25) is 0 Å². The molecule has 0 saturated heterocycles. The van der Waals surface area contributed by atoms with Crippen molar-refractivity contribution in [3.8, 4) is 0 Å². The minimum absolute atomic E-state index is 0.231. The molecular formula is C12H23NO3S. The van der Waals surface area contributed by atoms with Crippen LogP contribution < -0.4 is 4.72 Å². The first-order chi connectivity index (χ1) is 8.09. The van der Waals surface area contributed by atoms with Gasteiger partial charge in [0.1, 0.15) is 0 Å². The molecule has 2 saturated carbocycles. The molecule has 0 bridgehead atoms. The van der Waals surface area contributed by atoms with E-state index in [-0.39, 0.29) is 11.3 Å². The molecule has 0 aromatic carbocycles. The van der Waals surface area contributed by atoms with Gasteiger partial charge in [0, 0.05) is 6.04 Å². The summed E-state index contributed by atoms with van der Waals surface area (Å²) in [7, 11) is -3.23. The lowest BCUT2D eigenvalue weighted by molar-refractivity contribution is 0.101. The molecule has 0 aromatic heterocycles. The van der Waals surface area contributed by atoms with Crippen LogP contribution in [0.3, 0.4) is 0 Å². The molecule has 2 N–H and O–H groups in total. The Labute approximate surface area is 104 Å². The molecule has 2 aliphatic rings. The van der Waals surface area contributed by atoms with Crippen LogP contribution in [-0.2, 0) is 10.0 Å². The Hall–Kier alpha value is -0.130. The SMILES string of the molecule is O=S(=O)(N[C@H]1CCCC[C@@H]1O)C1CCCCC1. The second kappa shape index (κ2) is 5.67. The average molecular weight is 261 g/mol. The molecule has 0 unspecified atom stereocenters. The minimum atomic E-state index is -3.23. The lowest BCUT2D eigenvalue weighted by atomic mass is 9.93. The summed E-state index contributed by atoms with van der Waals surface area (Å²) in [5.74, 6) is 0. The molecule has 2 aliphatic carbocycles. The van der Waals surface area contributed by atoms with Crippen LogP contribution in [-0.4, -0.2) is 30.9 Å². The van der Waals surface area contributed by atoms with Gasteiger partial charge in [0.15, 0.2) is 0 Å². The third-order valence-electron chi connectivity index (χ3n) is 4.04. The van der Waals surface area contributed by atoms with E-state index in [2.05, 4.69) is 4.72 Å². The fourth-order valence-corrected chi connectivity index (χ4v) is 4.77. The third kappa shape index (κ3) is 3.42. The van der Waals surface area contributed by atoms with Gasteiger partial charge in [-0.1, -0.05) is 32.1 Å². The van der Waals surface area contributed by atoms with Crippen molar-refractivity contribution < 1.29 is 13.5 Å². The smallest absolute Gasteiger partial charge is 0.214 e. The van der Waals surface area contributed by atoms with Gasteiger partial charge in [0.05, 0.1) is 11.4 Å². The Morgan fingerprint density at radius 2 is 1.47 bits per heavy atom. The summed E-state index contributed by atoms with van der Waals surface area (Å²) in [6, 6.07) is -0.254. The minimum Gasteiger partial charge on any atom is -0.391 e. The lowest BCUT2D eigenvalue weighted by Gasteiger charge is -2.30. The third-order valence-corrected chi connectivity index (χ3v) is 6.02. The molecule has 2 atom stereocenters. The molecule has 0 radical (unpaired) electrons. The van der Waals surface area contributed by atoms with Crippen molar-refractivity contribution in [1.29, 1.82) is 0 Å². The molecule has 4 nitrogen and oxygen atoms in total. The molecule has 0 aliphatic heterocycles. The monoisotopic (exact) mass is 261 g/mol. The molecule has 0 spiro atoms. The van der Waals surface area contributed by atoms with E-state index in [9.17, 15) is 13.5 Å². The molecule has 2 fully saturated rings. The highest BCUT2D eigenvalue weighted by Gasteiger charge is 2.32. The van der Waals surface area contributed by atoms with Crippen molar-refractivity contribution in [1.82, 2.24) is 4.72 Å². The number of sulfonamides is 1. The molecule has 0 heterocycles. The molecular weight excluding hydrogens is 238 g/mol. The summed E-state index contributed by atoms with van der Waals surface area (Å²) in [6.07, 6.45) is 7.73. The second-order valence-electron chi connectivity index (χ2n) is 5.38. The van der Waals surface area contributed by atoms with E-state index in [4.69, 9.17) is 0 Å². The van der Waals surface area contributed by atoms with Crippen LogP contribution in [0.4, 0.5) is 0 Å². The van der Waals surface area contributed by atoms with Crippen molar-refractivity contribution in [2.45, 2.75) is 75.2 Å². The number of hydrogen-bond acceptors (Lipinski definition) is 3. The van der Waals surface area contributed by atoms with Crippen molar-refractivity contribution in [2.75, 3.05) is 0 Å². The van der Waals surface area contributed by atoms with E-state index in [1.165, 1.54) is 0 Å². The largest absolute Gasteiger partial charge is 0.391 e. The second-order valence-corrected chi connectivity index (χ2v) is 7.37. The summed E-state index contributed by atoms with van der Waals surface area (Å²) in [5, 5.41) is 9.57. The maximum absolute atomic E-state index is 12.2. The Balaban J connectivity index is 1.95. The highest BCUT2D eigenvalue weighted by Crippen LogP contribution is 2.25. The fraction of sp³-hybridized carbons (Fsp3) is 1.00. The van der Waals surface area contributed by atoms with Crippen LogP contribution in [0.2, 0.25) is 0 Å². The van der Waals surface area contributed by atoms with Crippen molar-refractivity contribution in [2.24, 2.45) is 0 Å². The van der Waals surface area contributed by atoms with Crippen LogP contribution in [0.1, 0.15) is 57.8 Å². The zero-order chi connectivity index (χ0) is 12.3. The van der Waals surface area contributed by atoms with Gasteiger partial charge in [-0.05, 0) is 25.7 Å². The van der Waals surface area contributed by atoms with Gasteiger partial charge >= 0.3 is 0 Å². The predicted octanol–water partition coefficient (Wildman–Crippen LogP) is 1.54. The van der Waals surface area contributed by atoms with Crippen LogP contribution >= 0.6 is 0 Å². The van der Waals surface area contributed by atoms with E-state index in [0.29, 0.717) is 0 Å². The van der Waals surface area contributed by atoms with Crippen LogP contribution in [0.25, 0.3) is 0 Å². The highest BCUT2D eigenvalue weighted by atomic mass is 32.2. The van der Waals surface area contributed by atoms with Crippen LogP contribution in [0.15, 0.2) is 0 Å². The summed E-state index contributed by atoms with van der Waals surface area (Å²) in [6.45, 7) is 0. The molecule has 0 aromatic rings. The number of hydrogen-bond donors (Lipinski definition) is 2. The number of rotatable bonds is 3. The first-order valence-electron chi connectivity index (χ1n) is 6.79. The van der Waals surface area contributed by atoms with Gasteiger partial charge in [-0.2, -0.15) is 0 Å². The first-order valence-corrected chi connectivity index (χ1v) is 8.33. The maximum Gasteiger partial charge on any atom is 0.214 e. The van der Waals surface area contributed by atoms with Gasteiger partial charge < -0.3 is 5.11 Å². The topological polar surface area (TPSA) is 66.4 Å². The van der Waals surface area contributed by atoms with Crippen LogP contribution in [0, 0.1) is 0 Å². The van der Waals surface area contributed by atoms with E-state index in [1.807, 2.05) is 0 Å². The molecule has 0 amide bonds. The van der Waals surface area contributed by atoms with E-state index in [1.54, 1.807) is 0 Å². The van der Waals surface area contributed by atoms with Gasteiger partial charge in [0.2, 0.25) is 10.0 Å². The zero-order valence-electron chi connectivity index (χ0n) is 10.3. The number of aliphatic hydroxyl groups excluding tert-OH is 1. The quantitative estimate of drug-likeness (QED) is 0.810. The normalized spacial score (nSPS) is 32.5. The molecule has 100 valence electrons. The van der Waals surface area contributed by atoms with Crippen molar-refractivity contribution in [3.05, 3.63) is 0 Å². The van der Waals surface area contributed by atoms with Crippen LogP contribution in [0.5, 0.6) is 0 Å². The summed E-state index contributed by atoms with van der Waals surface area (Å²) in [4.78, 5) is 0. The zero-order valence-corrected chi connectivity index (χ0v) is 11.1. The number of aliphatic hydroxyl groups is 1. The summed E-state index contributed by atoms with van der Waals surface area (Å²) < 4.78 is 27.1. The highest BCUT2D eigenvalue weighted by molar-refractivity contribution is 7.90. The summed E-state index contributed by atoms with van der Waals surface area (Å²) >= 11 is 0. The summed E-state index contributed by atoms with van der Waals surface area (Å²) in [5.41, 5.74) is 0. The van der Waals surface area contributed by atoms with Gasteiger partial charge in [-0.15, -0.1) is 0 Å². The van der Waals surface area contributed by atoms with E-state index < -0.39 is 16.1 Å². The average Bonchev–Trinajstić information content (AvgIpc) is 2.33. The standard InChI is InChI=1S/C12H23NO3S/c14-12-9-5-4-8-11(12)13-17(15,16)10-6-2-1-3-7-10/h10-14H,1-9H2/t11-,12-/m0/s1. The number of nitrogens with one attached hydrogen (secondary N) is 1. The van der Waals surface area contributed by atoms with Crippen molar-refractivity contribution in [3.63, 3.8) is 0 Å². The Bertz CT molecular complexity index is 336. The molecule has 5 heteroatoms. The molecule has 17 heavy (non-hydrogen) atoms. The fourth-order valence-electron chi connectivity index (χ4n) is 2.93. The van der Waals surface area contributed by atoms with Crippen molar-refractivity contribution >= 4 is 10.0 Å². The Morgan fingerprint density at radius 3 is 2.12 bits per heavy atom.